The molecule has 174 valence electrons. The van der Waals surface area contributed by atoms with E-state index in [2.05, 4.69) is 0 Å². The van der Waals surface area contributed by atoms with Gasteiger partial charge in [-0.25, -0.2) is 17.2 Å². The minimum Gasteiger partial charge on any atom is -0.484 e. The molecule has 5 nitrogen and oxygen atoms in total. The molecular weight excluding hydrogens is 438 g/mol. The van der Waals surface area contributed by atoms with Gasteiger partial charge in [-0.05, 0) is 67.0 Å². The number of halogens is 2. The predicted molar refractivity (Wildman–Crippen MR) is 117 cm³/mol. The summed E-state index contributed by atoms with van der Waals surface area (Å²) in [6.45, 7) is 3.90. The van der Waals surface area contributed by atoms with Gasteiger partial charge in [0.05, 0.1) is 11.0 Å². The number of carbonyl (C=O) groups is 1. The fourth-order valence-electron chi connectivity index (χ4n) is 3.74. The van der Waals surface area contributed by atoms with Crippen LogP contribution in [-0.2, 0) is 19.4 Å². The van der Waals surface area contributed by atoms with Crippen LogP contribution in [0.4, 0.5) is 8.78 Å². The first-order valence-corrected chi connectivity index (χ1v) is 12.6. The summed E-state index contributed by atoms with van der Waals surface area (Å²) in [7, 11) is -3.35. The van der Waals surface area contributed by atoms with E-state index in [9.17, 15) is 22.0 Å². The Morgan fingerprint density at radius 1 is 0.969 bits per heavy atom. The van der Waals surface area contributed by atoms with Gasteiger partial charge in [-0.2, -0.15) is 0 Å². The van der Waals surface area contributed by atoms with Crippen molar-refractivity contribution in [2.24, 2.45) is 5.92 Å². The second-order valence-electron chi connectivity index (χ2n) is 8.67. The molecule has 0 radical (unpaired) electrons. The van der Waals surface area contributed by atoms with Crippen LogP contribution in [0.5, 0.6) is 5.75 Å². The molecule has 1 aliphatic carbocycles. The van der Waals surface area contributed by atoms with Gasteiger partial charge in [-0.1, -0.05) is 26.0 Å². The highest BCUT2D eigenvalue weighted by Gasteiger charge is 2.27. The van der Waals surface area contributed by atoms with E-state index in [1.54, 1.807) is 0 Å². The molecule has 0 heterocycles. The van der Waals surface area contributed by atoms with Crippen LogP contribution in [0.2, 0.25) is 0 Å². The lowest BCUT2D eigenvalue weighted by molar-refractivity contribution is -0.152. The van der Waals surface area contributed by atoms with Crippen LogP contribution in [0, 0.1) is 17.6 Å². The van der Waals surface area contributed by atoms with Crippen LogP contribution in [0.1, 0.15) is 46.0 Å². The van der Waals surface area contributed by atoms with Crippen molar-refractivity contribution in [3.63, 3.8) is 0 Å². The quantitative estimate of drug-likeness (QED) is 0.517. The fourth-order valence-corrected chi connectivity index (χ4v) is 4.37. The Labute approximate surface area is 187 Å². The lowest BCUT2D eigenvalue weighted by Crippen LogP contribution is -2.30. The molecular formula is C24H28F2O5S. The summed E-state index contributed by atoms with van der Waals surface area (Å²) in [5.41, 5.74) is 0.777. The maximum Gasteiger partial charge on any atom is 0.306 e. The monoisotopic (exact) mass is 466 g/mol. The maximum absolute atomic E-state index is 14.7. The Kier molecular flexibility index (Phi) is 7.54. The molecule has 32 heavy (non-hydrogen) atoms. The van der Waals surface area contributed by atoms with Crippen molar-refractivity contribution in [1.29, 1.82) is 0 Å². The average Bonchev–Trinajstić information content (AvgIpc) is 2.70. The number of esters is 1. The summed E-state index contributed by atoms with van der Waals surface area (Å²) >= 11 is 0. The third-order valence-electron chi connectivity index (χ3n) is 5.39. The SMILES string of the molecule is CC(C)CC(=O)OC1CCC(Oc2c(F)cc(-c3ccc(S(C)(=O)=O)cc3)cc2F)CC1. The summed E-state index contributed by atoms with van der Waals surface area (Å²) in [4.78, 5) is 11.9. The number of carbonyl (C=O) groups excluding carboxylic acids is 1. The second kappa shape index (κ2) is 9.98. The third-order valence-corrected chi connectivity index (χ3v) is 6.52. The predicted octanol–water partition coefficient (Wildman–Crippen LogP) is 5.31. The van der Waals surface area contributed by atoms with Gasteiger partial charge < -0.3 is 9.47 Å². The summed E-state index contributed by atoms with van der Waals surface area (Å²) in [5, 5.41) is 0. The Hall–Kier alpha value is -2.48. The average molecular weight is 467 g/mol. The zero-order chi connectivity index (χ0) is 23.5. The molecule has 0 atom stereocenters. The zero-order valence-corrected chi connectivity index (χ0v) is 19.3. The van der Waals surface area contributed by atoms with Crippen molar-refractivity contribution in [2.75, 3.05) is 6.26 Å². The molecule has 0 unspecified atom stereocenters. The van der Waals surface area contributed by atoms with E-state index < -0.39 is 27.2 Å². The molecule has 1 fully saturated rings. The zero-order valence-electron chi connectivity index (χ0n) is 18.4. The van der Waals surface area contributed by atoms with Gasteiger partial charge in [-0.3, -0.25) is 4.79 Å². The van der Waals surface area contributed by atoms with Crippen molar-refractivity contribution in [3.05, 3.63) is 48.0 Å². The highest BCUT2D eigenvalue weighted by molar-refractivity contribution is 7.90. The standard InChI is InChI=1S/C24H28F2O5S/c1-15(2)12-23(27)30-18-6-8-19(9-7-18)31-24-21(25)13-17(14-22(24)26)16-4-10-20(11-5-16)32(3,28)29/h4-5,10-11,13-15,18-19H,6-9,12H2,1-3H3. The second-order valence-corrected chi connectivity index (χ2v) is 10.7. The van der Waals surface area contributed by atoms with Gasteiger partial charge in [-0.15, -0.1) is 0 Å². The highest BCUT2D eigenvalue weighted by Crippen LogP contribution is 2.33. The molecule has 8 heteroatoms. The van der Waals surface area contributed by atoms with Gasteiger partial charge in [0.2, 0.25) is 0 Å². The van der Waals surface area contributed by atoms with Crippen LogP contribution in [0.25, 0.3) is 11.1 Å². The van der Waals surface area contributed by atoms with Crippen molar-refractivity contribution >= 4 is 15.8 Å². The van der Waals surface area contributed by atoms with Gasteiger partial charge in [0, 0.05) is 12.7 Å². The largest absolute Gasteiger partial charge is 0.484 e. The Bertz CT molecular complexity index is 1030. The lowest BCUT2D eigenvalue weighted by Gasteiger charge is -2.29. The van der Waals surface area contributed by atoms with Crippen LogP contribution in [-0.4, -0.2) is 32.9 Å². The van der Waals surface area contributed by atoms with Gasteiger partial charge in [0.1, 0.15) is 6.10 Å². The van der Waals surface area contributed by atoms with Crippen LogP contribution >= 0.6 is 0 Å². The molecule has 1 saturated carbocycles. The van der Waals surface area contributed by atoms with Crippen molar-refractivity contribution in [1.82, 2.24) is 0 Å². The first kappa shape index (κ1) is 24.2. The molecule has 0 N–H and O–H groups in total. The van der Waals surface area contributed by atoms with Crippen molar-refractivity contribution in [2.45, 2.75) is 63.1 Å². The summed E-state index contributed by atoms with van der Waals surface area (Å²) < 4.78 is 63.6. The summed E-state index contributed by atoms with van der Waals surface area (Å²) in [6, 6.07) is 8.16. The highest BCUT2D eigenvalue weighted by atomic mass is 32.2. The van der Waals surface area contributed by atoms with Crippen molar-refractivity contribution < 1.29 is 31.5 Å². The van der Waals surface area contributed by atoms with E-state index in [0.29, 0.717) is 37.7 Å². The van der Waals surface area contributed by atoms with Gasteiger partial charge >= 0.3 is 5.97 Å². The van der Waals surface area contributed by atoms with E-state index >= 15 is 0 Å². The molecule has 0 bridgehead atoms. The number of ether oxygens (including phenoxy) is 2. The number of benzene rings is 2. The molecule has 0 saturated heterocycles. The van der Waals surface area contributed by atoms with E-state index in [1.165, 1.54) is 36.4 Å². The molecule has 3 rings (SSSR count). The fraction of sp³-hybridized carbons (Fsp3) is 0.458. The molecule has 0 aromatic heterocycles. The molecule has 0 aliphatic heterocycles. The van der Waals surface area contributed by atoms with Crippen LogP contribution < -0.4 is 4.74 Å². The van der Waals surface area contributed by atoms with Gasteiger partial charge in [0.25, 0.3) is 0 Å². The number of sulfone groups is 1. The maximum atomic E-state index is 14.7. The topological polar surface area (TPSA) is 69.7 Å². The Balaban J connectivity index is 1.63. The third kappa shape index (κ3) is 6.28. The van der Waals surface area contributed by atoms with E-state index in [0.717, 1.165) is 6.26 Å². The Morgan fingerprint density at radius 2 is 1.50 bits per heavy atom. The van der Waals surface area contributed by atoms with Crippen LogP contribution in [0.15, 0.2) is 41.3 Å². The smallest absolute Gasteiger partial charge is 0.306 e. The first-order valence-electron chi connectivity index (χ1n) is 10.7. The molecule has 0 amide bonds. The molecule has 1 aliphatic rings. The normalized spacial score (nSPS) is 19.1. The number of rotatable bonds is 7. The lowest BCUT2D eigenvalue weighted by atomic mass is 9.94. The summed E-state index contributed by atoms with van der Waals surface area (Å²) in [6.07, 6.45) is 3.16. The molecule has 2 aromatic carbocycles. The van der Waals surface area contributed by atoms with E-state index in [4.69, 9.17) is 9.47 Å². The first-order chi connectivity index (χ1) is 15.0. The van der Waals surface area contributed by atoms with E-state index in [-0.39, 0.29) is 34.6 Å². The van der Waals surface area contributed by atoms with Crippen molar-refractivity contribution in [3.8, 4) is 16.9 Å². The van der Waals surface area contributed by atoms with Gasteiger partial charge in [0.15, 0.2) is 27.2 Å². The Morgan fingerprint density at radius 3 is 2.00 bits per heavy atom. The van der Waals surface area contributed by atoms with Crippen LogP contribution in [0.3, 0.4) is 0 Å². The number of hydrogen-bond donors (Lipinski definition) is 0. The minimum atomic E-state index is -3.35. The number of hydrogen-bond acceptors (Lipinski definition) is 5. The van der Waals surface area contributed by atoms with E-state index in [1.807, 2.05) is 13.8 Å². The minimum absolute atomic E-state index is 0.132. The molecule has 2 aromatic rings. The molecule has 0 spiro atoms. The summed E-state index contributed by atoms with van der Waals surface area (Å²) in [5.74, 6) is -2.06.